The van der Waals surface area contributed by atoms with E-state index in [1.165, 1.54) is 4.90 Å². The maximum atomic E-state index is 12.6. The highest BCUT2D eigenvalue weighted by atomic mass is 16.2. The van der Waals surface area contributed by atoms with Gasteiger partial charge in [-0.3, -0.25) is 19.3 Å². The summed E-state index contributed by atoms with van der Waals surface area (Å²) < 4.78 is 0. The van der Waals surface area contributed by atoms with Crippen LogP contribution in [0.2, 0.25) is 0 Å². The molecule has 5 atom stereocenters. The number of imide groups is 1. The standard InChI is InChI=1S/C16H23NO3/c1-8(13(18)16(2,3)4)17-14(19)11-9-5-6-10(7-9)12(11)15(17)20/h8-12H,5-7H2,1-4H3. The molecule has 2 aliphatic carbocycles. The summed E-state index contributed by atoms with van der Waals surface area (Å²) in [5.41, 5.74) is -0.531. The molecule has 5 unspecified atom stereocenters. The Morgan fingerprint density at radius 3 is 1.95 bits per heavy atom. The van der Waals surface area contributed by atoms with Gasteiger partial charge in [-0.15, -0.1) is 0 Å². The minimum absolute atomic E-state index is 0.0356. The number of carbonyl (C=O) groups is 3. The van der Waals surface area contributed by atoms with Crippen molar-refractivity contribution in [2.75, 3.05) is 0 Å². The summed E-state index contributed by atoms with van der Waals surface area (Å²) in [6, 6.07) is -0.625. The number of fused-ring (bicyclic) bond motifs is 5. The van der Waals surface area contributed by atoms with Gasteiger partial charge in [0.1, 0.15) is 0 Å². The zero-order valence-electron chi connectivity index (χ0n) is 12.7. The molecule has 0 spiro atoms. The third kappa shape index (κ3) is 1.69. The predicted octanol–water partition coefficient (Wildman–Crippen LogP) is 2.02. The van der Waals surface area contributed by atoms with Crippen molar-refractivity contribution in [2.45, 2.75) is 53.0 Å². The number of carbonyl (C=O) groups excluding carboxylic acids is 3. The zero-order valence-corrected chi connectivity index (χ0v) is 12.7. The average Bonchev–Trinajstić information content (AvgIpc) is 3.01. The first-order valence-corrected chi connectivity index (χ1v) is 7.64. The Morgan fingerprint density at radius 2 is 1.55 bits per heavy atom. The van der Waals surface area contributed by atoms with Gasteiger partial charge in [-0.25, -0.2) is 0 Å². The molecule has 1 aliphatic heterocycles. The molecular formula is C16H23NO3. The molecule has 0 N–H and O–H groups in total. The van der Waals surface area contributed by atoms with Crippen LogP contribution in [0.1, 0.15) is 47.0 Å². The van der Waals surface area contributed by atoms with Crippen LogP contribution in [0.15, 0.2) is 0 Å². The van der Waals surface area contributed by atoms with E-state index in [2.05, 4.69) is 0 Å². The molecule has 20 heavy (non-hydrogen) atoms. The minimum atomic E-state index is -0.625. The molecule has 2 bridgehead atoms. The predicted molar refractivity (Wildman–Crippen MR) is 73.6 cm³/mol. The van der Waals surface area contributed by atoms with Gasteiger partial charge in [0.15, 0.2) is 5.78 Å². The Balaban J connectivity index is 1.87. The highest BCUT2D eigenvalue weighted by Gasteiger charge is 2.62. The van der Waals surface area contributed by atoms with Crippen LogP contribution in [0.25, 0.3) is 0 Å². The number of nitrogens with zero attached hydrogens (tertiary/aromatic N) is 1. The normalized spacial score (nSPS) is 37.5. The van der Waals surface area contributed by atoms with E-state index in [0.29, 0.717) is 11.8 Å². The molecule has 0 aromatic heterocycles. The number of ketones is 1. The second-order valence-electron chi connectivity index (χ2n) is 7.72. The lowest BCUT2D eigenvalue weighted by Crippen LogP contribution is -2.48. The molecule has 4 heteroatoms. The molecule has 0 aromatic rings. The third-order valence-electron chi connectivity index (χ3n) is 5.47. The summed E-state index contributed by atoms with van der Waals surface area (Å²) in [5, 5.41) is 0. The summed E-state index contributed by atoms with van der Waals surface area (Å²) in [4.78, 5) is 38.9. The Kier molecular flexibility index (Phi) is 2.86. The number of rotatable bonds is 2. The topological polar surface area (TPSA) is 54.5 Å². The maximum Gasteiger partial charge on any atom is 0.234 e. The van der Waals surface area contributed by atoms with Gasteiger partial charge in [-0.05, 0) is 38.0 Å². The van der Waals surface area contributed by atoms with Crippen LogP contribution >= 0.6 is 0 Å². The first-order chi connectivity index (χ1) is 9.23. The van der Waals surface area contributed by atoms with E-state index in [0.717, 1.165) is 19.3 Å². The lowest BCUT2D eigenvalue weighted by Gasteiger charge is -2.28. The van der Waals surface area contributed by atoms with Gasteiger partial charge in [0.25, 0.3) is 0 Å². The molecule has 3 fully saturated rings. The van der Waals surface area contributed by atoms with Gasteiger partial charge < -0.3 is 0 Å². The Labute approximate surface area is 119 Å². The van der Waals surface area contributed by atoms with E-state index in [4.69, 9.17) is 0 Å². The summed E-state index contributed by atoms with van der Waals surface area (Å²) >= 11 is 0. The molecule has 2 amide bonds. The second kappa shape index (κ2) is 4.15. The SMILES string of the molecule is CC(C(=O)C(C)(C)C)N1C(=O)C2C3CCC(C3)C2C1=O. The van der Waals surface area contributed by atoms with Gasteiger partial charge in [0, 0.05) is 5.41 Å². The van der Waals surface area contributed by atoms with E-state index >= 15 is 0 Å². The zero-order chi connectivity index (χ0) is 14.8. The molecule has 110 valence electrons. The molecule has 4 nitrogen and oxygen atoms in total. The second-order valence-corrected chi connectivity index (χ2v) is 7.72. The van der Waals surface area contributed by atoms with Crippen LogP contribution in [-0.2, 0) is 14.4 Å². The summed E-state index contributed by atoms with van der Waals surface area (Å²) in [7, 11) is 0. The van der Waals surface area contributed by atoms with Crippen LogP contribution in [-0.4, -0.2) is 28.5 Å². The number of amides is 2. The van der Waals surface area contributed by atoms with Gasteiger partial charge in [-0.2, -0.15) is 0 Å². The van der Waals surface area contributed by atoms with Crippen LogP contribution in [0.3, 0.4) is 0 Å². The summed E-state index contributed by atoms with van der Waals surface area (Å²) in [6.07, 6.45) is 3.17. The van der Waals surface area contributed by atoms with Crippen LogP contribution in [0.5, 0.6) is 0 Å². The average molecular weight is 277 g/mol. The van der Waals surface area contributed by atoms with E-state index in [1.807, 2.05) is 20.8 Å². The number of Topliss-reactive ketones (excluding diaryl/α,β-unsaturated/α-hetero) is 1. The molecular weight excluding hydrogens is 254 g/mol. The minimum Gasteiger partial charge on any atom is -0.297 e. The fourth-order valence-electron chi connectivity index (χ4n) is 4.56. The van der Waals surface area contributed by atoms with Crippen molar-refractivity contribution in [2.24, 2.45) is 29.1 Å². The largest absolute Gasteiger partial charge is 0.297 e. The summed E-state index contributed by atoms with van der Waals surface area (Å²) in [5.74, 6) is 0.292. The van der Waals surface area contributed by atoms with E-state index in [9.17, 15) is 14.4 Å². The molecule has 3 rings (SSSR count). The summed E-state index contributed by atoms with van der Waals surface area (Å²) in [6.45, 7) is 7.20. The fourth-order valence-corrected chi connectivity index (χ4v) is 4.56. The van der Waals surface area contributed by atoms with Crippen molar-refractivity contribution in [3.63, 3.8) is 0 Å². The molecule has 1 saturated heterocycles. The Morgan fingerprint density at radius 1 is 1.10 bits per heavy atom. The van der Waals surface area contributed by atoms with Crippen molar-refractivity contribution >= 4 is 17.6 Å². The highest BCUT2D eigenvalue weighted by molar-refractivity contribution is 6.09. The van der Waals surface area contributed by atoms with Gasteiger partial charge in [0.2, 0.25) is 11.8 Å². The van der Waals surface area contributed by atoms with Crippen LogP contribution < -0.4 is 0 Å². The lowest BCUT2D eigenvalue weighted by atomic mass is 9.81. The third-order valence-corrected chi connectivity index (χ3v) is 5.47. The highest BCUT2D eigenvalue weighted by Crippen LogP contribution is 2.56. The number of hydrogen-bond acceptors (Lipinski definition) is 3. The van der Waals surface area contributed by atoms with E-state index < -0.39 is 11.5 Å². The first kappa shape index (κ1) is 13.8. The molecule has 2 saturated carbocycles. The molecule has 1 heterocycles. The van der Waals surface area contributed by atoms with Crippen molar-refractivity contribution < 1.29 is 14.4 Å². The number of likely N-dealkylation sites (tertiary alicyclic amines) is 1. The first-order valence-electron chi connectivity index (χ1n) is 7.64. The van der Waals surface area contributed by atoms with Crippen molar-refractivity contribution in [1.82, 2.24) is 4.90 Å². The van der Waals surface area contributed by atoms with Gasteiger partial charge in [-0.1, -0.05) is 20.8 Å². The maximum absolute atomic E-state index is 12.6. The smallest absolute Gasteiger partial charge is 0.234 e. The van der Waals surface area contributed by atoms with Crippen LogP contribution in [0, 0.1) is 29.1 Å². The van der Waals surface area contributed by atoms with Crippen LogP contribution in [0.4, 0.5) is 0 Å². The fraction of sp³-hybridized carbons (Fsp3) is 0.812. The van der Waals surface area contributed by atoms with Gasteiger partial charge in [0.05, 0.1) is 17.9 Å². The molecule has 0 aromatic carbocycles. The van der Waals surface area contributed by atoms with Crippen molar-refractivity contribution in [3.8, 4) is 0 Å². The Hall–Kier alpha value is -1.19. The number of hydrogen-bond donors (Lipinski definition) is 0. The quantitative estimate of drug-likeness (QED) is 0.726. The lowest BCUT2D eigenvalue weighted by molar-refractivity contribution is -0.149. The Bertz CT molecular complexity index is 462. The van der Waals surface area contributed by atoms with Crippen molar-refractivity contribution in [3.05, 3.63) is 0 Å². The van der Waals surface area contributed by atoms with Crippen molar-refractivity contribution in [1.29, 1.82) is 0 Å². The molecule has 0 radical (unpaired) electrons. The monoisotopic (exact) mass is 277 g/mol. The van der Waals surface area contributed by atoms with Gasteiger partial charge >= 0.3 is 0 Å². The van der Waals surface area contributed by atoms with E-state index in [1.54, 1.807) is 6.92 Å². The van der Waals surface area contributed by atoms with E-state index in [-0.39, 0.29) is 29.4 Å². The molecule has 3 aliphatic rings.